The van der Waals surface area contributed by atoms with Gasteiger partial charge in [-0.3, -0.25) is 9.79 Å². The number of para-hydroxylation sites is 1. The summed E-state index contributed by atoms with van der Waals surface area (Å²) in [5.41, 5.74) is 8.12. The van der Waals surface area contributed by atoms with Gasteiger partial charge in [-0.05, 0) is 38.3 Å². The number of aromatic nitrogens is 2. The number of guanidine groups is 1. The van der Waals surface area contributed by atoms with Crippen LogP contribution in [0.15, 0.2) is 35.3 Å². The average Bonchev–Trinajstić information content (AvgIpc) is 3.40. The predicted molar refractivity (Wildman–Crippen MR) is 141 cm³/mol. The number of anilines is 1. The van der Waals surface area contributed by atoms with Gasteiger partial charge in [0.1, 0.15) is 17.5 Å². The molecule has 2 heterocycles. The van der Waals surface area contributed by atoms with Gasteiger partial charge >= 0.3 is 0 Å². The molecule has 178 valence electrons. The normalized spacial score (nSPS) is 15.6. The minimum absolute atomic E-state index is 0. The SMILES string of the molecule is CCNC(=NCCCc1nn(-c2ccccc2)c(N)c1C#N)NC1CCN(C(=O)CC)C1.I. The van der Waals surface area contributed by atoms with E-state index in [0.29, 0.717) is 43.0 Å². The van der Waals surface area contributed by atoms with E-state index in [1.54, 1.807) is 4.68 Å². The molecular weight excluding hydrogens is 531 g/mol. The maximum atomic E-state index is 11.9. The number of likely N-dealkylation sites (tertiary alicyclic amines) is 1. The number of carbonyl (C=O) groups excluding carboxylic acids is 1. The summed E-state index contributed by atoms with van der Waals surface area (Å²) in [5, 5.41) is 20.8. The quantitative estimate of drug-likeness (QED) is 0.196. The zero-order valence-electron chi connectivity index (χ0n) is 19.3. The second-order valence-corrected chi connectivity index (χ2v) is 7.75. The summed E-state index contributed by atoms with van der Waals surface area (Å²) in [6.07, 6.45) is 2.80. The number of hydrogen-bond donors (Lipinski definition) is 3. The Hall–Kier alpha value is -2.81. The third-order valence-electron chi connectivity index (χ3n) is 5.48. The van der Waals surface area contributed by atoms with Crippen LogP contribution in [0.3, 0.4) is 0 Å². The van der Waals surface area contributed by atoms with Crippen LogP contribution in [0.5, 0.6) is 0 Å². The van der Waals surface area contributed by atoms with E-state index < -0.39 is 0 Å². The molecule has 3 rings (SSSR count). The number of nitrogens with two attached hydrogens (primary N) is 1. The number of aliphatic imine (C=N–C) groups is 1. The minimum Gasteiger partial charge on any atom is -0.382 e. The number of amides is 1. The monoisotopic (exact) mass is 564 g/mol. The number of nitrogen functional groups attached to an aromatic ring is 1. The molecule has 9 nitrogen and oxygen atoms in total. The third kappa shape index (κ3) is 6.83. The molecule has 2 aromatic rings. The molecule has 1 aromatic carbocycles. The Labute approximate surface area is 212 Å². The van der Waals surface area contributed by atoms with Crippen LogP contribution in [-0.2, 0) is 11.2 Å². The van der Waals surface area contributed by atoms with Crippen LogP contribution in [0.25, 0.3) is 5.69 Å². The summed E-state index contributed by atoms with van der Waals surface area (Å²) < 4.78 is 1.62. The Kier molecular flexibility index (Phi) is 10.4. The molecule has 0 radical (unpaired) electrons. The summed E-state index contributed by atoms with van der Waals surface area (Å²) in [6.45, 7) is 6.75. The number of rotatable bonds is 8. The van der Waals surface area contributed by atoms with E-state index in [9.17, 15) is 10.1 Å². The van der Waals surface area contributed by atoms with Crippen LogP contribution in [0.1, 0.15) is 44.4 Å². The van der Waals surface area contributed by atoms with Crippen LogP contribution >= 0.6 is 24.0 Å². The van der Waals surface area contributed by atoms with Crippen molar-refractivity contribution in [2.24, 2.45) is 4.99 Å². The number of nitriles is 1. The van der Waals surface area contributed by atoms with Crippen LogP contribution in [-0.4, -0.2) is 58.8 Å². The molecule has 0 spiro atoms. The molecule has 0 bridgehead atoms. The van der Waals surface area contributed by atoms with Crippen LogP contribution in [0.4, 0.5) is 5.82 Å². The summed E-state index contributed by atoms with van der Waals surface area (Å²) in [6, 6.07) is 12.0. The number of hydrogen-bond acceptors (Lipinski definition) is 5. The van der Waals surface area contributed by atoms with E-state index in [1.165, 1.54) is 0 Å². The van der Waals surface area contributed by atoms with E-state index in [1.807, 2.05) is 49.1 Å². The molecule has 1 aromatic heterocycles. The van der Waals surface area contributed by atoms with Crippen molar-refractivity contribution in [3.63, 3.8) is 0 Å². The van der Waals surface area contributed by atoms with Crippen molar-refractivity contribution in [1.82, 2.24) is 25.3 Å². The number of nitrogens with one attached hydrogen (secondary N) is 2. The first-order valence-electron chi connectivity index (χ1n) is 11.2. The molecule has 33 heavy (non-hydrogen) atoms. The number of benzene rings is 1. The zero-order chi connectivity index (χ0) is 22.9. The summed E-state index contributed by atoms with van der Waals surface area (Å²) >= 11 is 0. The van der Waals surface area contributed by atoms with E-state index >= 15 is 0 Å². The van der Waals surface area contributed by atoms with Crippen molar-refractivity contribution >= 4 is 41.7 Å². The summed E-state index contributed by atoms with van der Waals surface area (Å²) in [4.78, 5) is 18.5. The second kappa shape index (κ2) is 13.0. The highest BCUT2D eigenvalue weighted by Crippen LogP contribution is 2.21. The first kappa shape index (κ1) is 26.4. The minimum atomic E-state index is 0. The Balaban J connectivity index is 0.00000385. The van der Waals surface area contributed by atoms with Crippen LogP contribution in [0.2, 0.25) is 0 Å². The molecule has 1 saturated heterocycles. The van der Waals surface area contributed by atoms with E-state index in [2.05, 4.69) is 26.8 Å². The van der Waals surface area contributed by atoms with E-state index in [0.717, 1.165) is 37.6 Å². The third-order valence-corrected chi connectivity index (χ3v) is 5.48. The fraction of sp³-hybridized carbons (Fsp3) is 0.478. The van der Waals surface area contributed by atoms with Crippen LogP contribution in [0, 0.1) is 11.3 Å². The summed E-state index contributed by atoms with van der Waals surface area (Å²) in [7, 11) is 0. The Bertz CT molecular complexity index is 982. The number of halogens is 1. The smallest absolute Gasteiger partial charge is 0.222 e. The van der Waals surface area contributed by atoms with Gasteiger partial charge in [0, 0.05) is 38.6 Å². The van der Waals surface area contributed by atoms with Gasteiger partial charge in [-0.2, -0.15) is 10.4 Å². The highest BCUT2D eigenvalue weighted by molar-refractivity contribution is 14.0. The lowest BCUT2D eigenvalue weighted by atomic mass is 10.1. The lowest BCUT2D eigenvalue weighted by Gasteiger charge is -2.18. The number of aryl methyl sites for hydroxylation is 1. The fourth-order valence-corrected chi connectivity index (χ4v) is 3.82. The number of carbonyl (C=O) groups is 1. The van der Waals surface area contributed by atoms with Gasteiger partial charge in [0.05, 0.1) is 11.4 Å². The van der Waals surface area contributed by atoms with Crippen LogP contribution < -0.4 is 16.4 Å². The fourth-order valence-electron chi connectivity index (χ4n) is 3.82. The number of nitrogens with zero attached hydrogens (tertiary/aromatic N) is 5. The molecule has 4 N–H and O–H groups in total. The standard InChI is InChI=1S/C23H32N8O.HI/c1-3-21(32)30-14-12-17(16-30)28-23(26-4-2)27-13-8-11-20-19(15-24)22(25)31(29-20)18-9-6-5-7-10-18;/h5-7,9-10,17H,3-4,8,11-14,16,25H2,1-2H3,(H2,26,27,28);1H. The predicted octanol–water partition coefficient (Wildman–Crippen LogP) is 2.44. The Morgan fingerprint density at radius 2 is 2.09 bits per heavy atom. The van der Waals surface area contributed by atoms with Gasteiger partial charge < -0.3 is 21.3 Å². The first-order valence-corrected chi connectivity index (χ1v) is 11.2. The summed E-state index contributed by atoms with van der Waals surface area (Å²) in [5.74, 6) is 1.30. The molecule has 1 fully saturated rings. The zero-order valence-corrected chi connectivity index (χ0v) is 21.6. The van der Waals surface area contributed by atoms with E-state index in [-0.39, 0.29) is 35.9 Å². The molecule has 10 heteroatoms. The maximum Gasteiger partial charge on any atom is 0.222 e. The lowest BCUT2D eigenvalue weighted by Crippen LogP contribution is -2.45. The van der Waals surface area contributed by atoms with Crippen molar-refractivity contribution in [2.75, 3.05) is 31.9 Å². The van der Waals surface area contributed by atoms with Crippen molar-refractivity contribution < 1.29 is 4.79 Å². The second-order valence-electron chi connectivity index (χ2n) is 7.75. The highest BCUT2D eigenvalue weighted by Gasteiger charge is 2.25. The largest absolute Gasteiger partial charge is 0.382 e. The van der Waals surface area contributed by atoms with Gasteiger partial charge in [-0.15, -0.1) is 24.0 Å². The van der Waals surface area contributed by atoms with Crippen molar-refractivity contribution in [1.29, 1.82) is 5.26 Å². The lowest BCUT2D eigenvalue weighted by molar-refractivity contribution is -0.129. The van der Waals surface area contributed by atoms with Crippen molar-refractivity contribution in [3.05, 3.63) is 41.6 Å². The first-order chi connectivity index (χ1) is 15.6. The van der Waals surface area contributed by atoms with Crippen molar-refractivity contribution in [2.45, 2.75) is 45.6 Å². The molecule has 1 aliphatic rings. The highest BCUT2D eigenvalue weighted by atomic mass is 127. The average molecular weight is 564 g/mol. The Morgan fingerprint density at radius 3 is 2.76 bits per heavy atom. The molecule has 1 atom stereocenters. The molecule has 1 unspecified atom stereocenters. The van der Waals surface area contributed by atoms with E-state index in [4.69, 9.17) is 5.73 Å². The maximum absolute atomic E-state index is 11.9. The molecule has 1 aliphatic heterocycles. The Morgan fingerprint density at radius 1 is 1.33 bits per heavy atom. The van der Waals surface area contributed by atoms with Crippen molar-refractivity contribution in [3.8, 4) is 11.8 Å². The van der Waals surface area contributed by atoms with Gasteiger partial charge in [-0.1, -0.05) is 25.1 Å². The van der Waals surface area contributed by atoms with Gasteiger partial charge in [0.2, 0.25) is 5.91 Å². The molecular formula is C23H33IN8O. The topological polar surface area (TPSA) is 124 Å². The molecule has 0 aliphatic carbocycles. The molecule has 1 amide bonds. The van der Waals surface area contributed by atoms with Gasteiger partial charge in [0.15, 0.2) is 5.96 Å². The van der Waals surface area contributed by atoms with Gasteiger partial charge in [-0.25, -0.2) is 4.68 Å². The van der Waals surface area contributed by atoms with Gasteiger partial charge in [0.25, 0.3) is 0 Å². The molecule has 0 saturated carbocycles.